The minimum Gasteiger partial charge on any atom is -0.353 e. The monoisotopic (exact) mass is 377 g/mol. The molecule has 3 rings (SSSR count). The van der Waals surface area contributed by atoms with Gasteiger partial charge in [-0.25, -0.2) is 0 Å². The molecule has 1 amide bonds. The molecule has 0 atom stereocenters. The van der Waals surface area contributed by atoms with Crippen molar-refractivity contribution in [3.8, 4) is 0 Å². The number of nitrogens with one attached hydrogen (secondary N) is 1. The minimum atomic E-state index is -0.431. The molecule has 8 nitrogen and oxygen atoms in total. The molecule has 2 aliphatic rings. The maximum absolute atomic E-state index is 12.6. The highest BCUT2D eigenvalue weighted by molar-refractivity contribution is 5.76. The zero-order chi connectivity index (χ0) is 19.4. The molecule has 2 fully saturated rings. The van der Waals surface area contributed by atoms with Gasteiger partial charge in [-0.15, -0.1) is 0 Å². The van der Waals surface area contributed by atoms with Crippen molar-refractivity contribution >= 4 is 11.6 Å². The Morgan fingerprint density at radius 2 is 1.78 bits per heavy atom. The topological polar surface area (TPSA) is 93.3 Å². The third-order valence-corrected chi connectivity index (χ3v) is 6.25. The highest BCUT2D eigenvalue weighted by atomic mass is 16.6. The second kappa shape index (κ2) is 8.37. The van der Waals surface area contributed by atoms with Crippen LogP contribution in [-0.2, 0) is 11.3 Å². The molecular weight excluding hydrogens is 346 g/mol. The molecule has 1 saturated heterocycles. The van der Waals surface area contributed by atoms with E-state index in [2.05, 4.69) is 15.3 Å². The first kappa shape index (κ1) is 19.8. The van der Waals surface area contributed by atoms with Gasteiger partial charge < -0.3 is 5.32 Å². The first-order valence-corrected chi connectivity index (χ1v) is 10.1. The maximum atomic E-state index is 12.6. The predicted molar refractivity (Wildman–Crippen MR) is 103 cm³/mol. The van der Waals surface area contributed by atoms with E-state index in [9.17, 15) is 14.9 Å². The largest absolute Gasteiger partial charge is 0.353 e. The van der Waals surface area contributed by atoms with Crippen LogP contribution in [0.1, 0.15) is 62.8 Å². The SMILES string of the molecule is Cc1nn(CC(=O)NCC2(N3CCCCC3)CCCCC2)c(C)c1[N+](=O)[O-]. The Kier molecular flexibility index (Phi) is 6.14. The van der Waals surface area contributed by atoms with Gasteiger partial charge in [-0.05, 0) is 52.6 Å². The number of nitrogens with zero attached hydrogens (tertiary/aromatic N) is 4. The Balaban J connectivity index is 1.64. The molecule has 0 spiro atoms. The number of amides is 1. The summed E-state index contributed by atoms with van der Waals surface area (Å²) in [5.74, 6) is -0.127. The molecule has 1 aromatic rings. The van der Waals surface area contributed by atoms with E-state index in [0.717, 1.165) is 25.9 Å². The Labute approximate surface area is 160 Å². The fourth-order valence-corrected chi connectivity index (χ4v) is 4.74. The normalized spacial score (nSPS) is 20.4. The molecule has 1 aromatic heterocycles. The third kappa shape index (κ3) is 4.31. The van der Waals surface area contributed by atoms with Gasteiger partial charge in [0.15, 0.2) is 0 Å². The quantitative estimate of drug-likeness (QED) is 0.608. The van der Waals surface area contributed by atoms with Crippen LogP contribution in [0.25, 0.3) is 0 Å². The van der Waals surface area contributed by atoms with Gasteiger partial charge in [-0.3, -0.25) is 24.5 Å². The lowest BCUT2D eigenvalue weighted by Gasteiger charge is -2.48. The van der Waals surface area contributed by atoms with E-state index >= 15 is 0 Å². The van der Waals surface area contributed by atoms with Gasteiger partial charge >= 0.3 is 5.69 Å². The summed E-state index contributed by atoms with van der Waals surface area (Å²) >= 11 is 0. The summed E-state index contributed by atoms with van der Waals surface area (Å²) < 4.78 is 1.44. The number of aryl methyl sites for hydroxylation is 1. The van der Waals surface area contributed by atoms with Gasteiger partial charge in [-0.1, -0.05) is 25.7 Å². The van der Waals surface area contributed by atoms with E-state index in [1.165, 1.54) is 43.2 Å². The molecule has 0 unspecified atom stereocenters. The molecule has 8 heteroatoms. The van der Waals surface area contributed by atoms with Crippen molar-refractivity contribution in [3.05, 3.63) is 21.5 Å². The zero-order valence-corrected chi connectivity index (χ0v) is 16.5. The number of likely N-dealkylation sites (tertiary alicyclic amines) is 1. The smallest absolute Gasteiger partial charge is 0.312 e. The van der Waals surface area contributed by atoms with Crippen molar-refractivity contribution in [2.45, 2.75) is 77.3 Å². The van der Waals surface area contributed by atoms with Crippen molar-refractivity contribution < 1.29 is 9.72 Å². The Bertz CT molecular complexity index is 688. The van der Waals surface area contributed by atoms with Crippen LogP contribution >= 0.6 is 0 Å². The van der Waals surface area contributed by atoms with E-state index in [1.807, 2.05) is 0 Å². The van der Waals surface area contributed by atoms with E-state index in [1.54, 1.807) is 13.8 Å². The minimum absolute atomic E-state index is 0.000123. The maximum Gasteiger partial charge on any atom is 0.312 e. The predicted octanol–water partition coefficient (Wildman–Crippen LogP) is 2.71. The molecule has 0 radical (unpaired) electrons. The highest BCUT2D eigenvalue weighted by Gasteiger charge is 2.38. The summed E-state index contributed by atoms with van der Waals surface area (Å²) in [5.41, 5.74) is 0.855. The van der Waals surface area contributed by atoms with Gasteiger partial charge in [0, 0.05) is 12.1 Å². The third-order valence-electron chi connectivity index (χ3n) is 6.25. The number of piperidine rings is 1. The van der Waals surface area contributed by atoms with Crippen molar-refractivity contribution in [1.82, 2.24) is 20.0 Å². The molecular formula is C19H31N5O3. The average molecular weight is 377 g/mol. The van der Waals surface area contributed by atoms with E-state index in [-0.39, 0.29) is 23.7 Å². The first-order chi connectivity index (χ1) is 12.9. The number of carbonyl (C=O) groups excluding carboxylic acids is 1. The van der Waals surface area contributed by atoms with Crippen LogP contribution in [0.5, 0.6) is 0 Å². The molecule has 1 saturated carbocycles. The first-order valence-electron chi connectivity index (χ1n) is 10.1. The fourth-order valence-electron chi connectivity index (χ4n) is 4.74. The molecule has 2 heterocycles. The second-order valence-corrected chi connectivity index (χ2v) is 8.04. The number of hydrogen-bond donors (Lipinski definition) is 1. The fraction of sp³-hybridized carbons (Fsp3) is 0.789. The summed E-state index contributed by atoms with van der Waals surface area (Å²) in [7, 11) is 0. The van der Waals surface area contributed by atoms with Crippen LogP contribution < -0.4 is 5.32 Å². The lowest BCUT2D eigenvalue weighted by molar-refractivity contribution is -0.386. The highest BCUT2D eigenvalue weighted by Crippen LogP contribution is 2.35. The Hall–Kier alpha value is -1.96. The summed E-state index contributed by atoms with van der Waals surface area (Å²) in [4.78, 5) is 25.9. The number of aromatic nitrogens is 2. The molecule has 150 valence electrons. The molecule has 27 heavy (non-hydrogen) atoms. The van der Waals surface area contributed by atoms with Crippen LogP contribution in [0.15, 0.2) is 0 Å². The van der Waals surface area contributed by atoms with Gasteiger partial charge in [0.25, 0.3) is 0 Å². The van der Waals surface area contributed by atoms with Crippen molar-refractivity contribution in [2.75, 3.05) is 19.6 Å². The van der Waals surface area contributed by atoms with Crippen LogP contribution in [0.2, 0.25) is 0 Å². The second-order valence-electron chi connectivity index (χ2n) is 8.04. The van der Waals surface area contributed by atoms with Crippen molar-refractivity contribution in [3.63, 3.8) is 0 Å². The van der Waals surface area contributed by atoms with Gasteiger partial charge in [0.2, 0.25) is 5.91 Å². The average Bonchev–Trinajstić information content (AvgIpc) is 2.95. The zero-order valence-electron chi connectivity index (χ0n) is 16.5. The molecule has 1 N–H and O–H groups in total. The lowest BCUT2D eigenvalue weighted by atomic mass is 9.79. The Morgan fingerprint density at radius 1 is 1.15 bits per heavy atom. The number of rotatable bonds is 6. The molecule has 0 aromatic carbocycles. The standard InChI is InChI=1S/C19H31N5O3/c1-15-18(24(26)27)16(2)23(21-15)13-17(25)20-14-19(9-5-3-6-10-19)22-11-7-4-8-12-22/h3-14H2,1-2H3,(H,20,25). The molecule has 1 aliphatic carbocycles. The van der Waals surface area contributed by atoms with E-state index in [4.69, 9.17) is 0 Å². The number of hydrogen-bond acceptors (Lipinski definition) is 5. The van der Waals surface area contributed by atoms with Crippen LogP contribution in [0, 0.1) is 24.0 Å². The van der Waals surface area contributed by atoms with Gasteiger partial charge in [0.1, 0.15) is 17.9 Å². The summed E-state index contributed by atoms with van der Waals surface area (Å²) in [6, 6.07) is 0. The van der Waals surface area contributed by atoms with Crippen molar-refractivity contribution in [2.24, 2.45) is 0 Å². The van der Waals surface area contributed by atoms with Crippen LogP contribution in [0.4, 0.5) is 5.69 Å². The van der Waals surface area contributed by atoms with Crippen molar-refractivity contribution in [1.29, 1.82) is 0 Å². The van der Waals surface area contributed by atoms with E-state index < -0.39 is 4.92 Å². The summed E-state index contributed by atoms with van der Waals surface area (Å²) in [6.45, 7) is 6.18. The number of carbonyl (C=O) groups is 1. The van der Waals surface area contributed by atoms with Gasteiger partial charge in [0.05, 0.1) is 4.92 Å². The van der Waals surface area contributed by atoms with E-state index in [0.29, 0.717) is 17.9 Å². The summed E-state index contributed by atoms with van der Waals surface area (Å²) in [6.07, 6.45) is 9.77. The number of nitro groups is 1. The molecule has 0 bridgehead atoms. The molecule has 1 aliphatic heterocycles. The lowest BCUT2D eigenvalue weighted by Crippen LogP contribution is -2.58. The van der Waals surface area contributed by atoms with Gasteiger partial charge in [-0.2, -0.15) is 5.10 Å². The Morgan fingerprint density at radius 3 is 2.37 bits per heavy atom. The van der Waals surface area contributed by atoms with Crippen LogP contribution in [0.3, 0.4) is 0 Å². The summed E-state index contributed by atoms with van der Waals surface area (Å²) in [5, 5.41) is 18.4. The van der Waals surface area contributed by atoms with Crippen LogP contribution in [-0.4, -0.2) is 50.7 Å².